The van der Waals surface area contributed by atoms with Crippen molar-refractivity contribution < 1.29 is 27.5 Å². The third kappa shape index (κ3) is 2.97. The Bertz CT molecular complexity index is 1200. The number of nitrogens with zero attached hydrogens (tertiary/aromatic N) is 3. The second kappa shape index (κ2) is 7.21. The maximum atomic E-state index is 14.4. The van der Waals surface area contributed by atoms with Gasteiger partial charge in [0.15, 0.2) is 17.4 Å². The zero-order chi connectivity index (χ0) is 21.6. The number of carbonyl (C=O) groups is 2. The first-order valence-corrected chi connectivity index (χ1v) is 8.79. The molecule has 3 aromatic rings. The molecule has 2 heterocycles. The average molecular weight is 416 g/mol. The van der Waals surface area contributed by atoms with Gasteiger partial charge in [0.2, 0.25) is 5.82 Å². The van der Waals surface area contributed by atoms with Gasteiger partial charge < -0.3 is 15.4 Å². The molecule has 0 radical (unpaired) electrons. The molecule has 0 unspecified atom stereocenters. The Kier molecular flexibility index (Phi) is 4.69. The third-order valence-corrected chi connectivity index (χ3v) is 4.83. The number of methoxy groups -OCH3 is 1. The number of pyridine rings is 1. The van der Waals surface area contributed by atoms with Gasteiger partial charge in [-0.1, -0.05) is 6.07 Å². The van der Waals surface area contributed by atoms with E-state index >= 15 is 0 Å². The summed E-state index contributed by atoms with van der Waals surface area (Å²) < 4.78 is 47.0. The number of carbonyl (C=O) groups excluding carboxylic acids is 2. The van der Waals surface area contributed by atoms with Crippen LogP contribution in [0.25, 0.3) is 10.9 Å². The van der Waals surface area contributed by atoms with Crippen molar-refractivity contribution in [1.82, 2.24) is 9.88 Å². The number of anilines is 2. The molecular formula is C20H15F3N4O3. The van der Waals surface area contributed by atoms with Gasteiger partial charge in [0, 0.05) is 29.9 Å². The molecule has 3 amide bonds. The van der Waals surface area contributed by atoms with E-state index in [1.807, 2.05) is 0 Å². The van der Waals surface area contributed by atoms with E-state index in [9.17, 15) is 22.8 Å². The smallest absolute Gasteiger partial charge is 0.332 e. The Morgan fingerprint density at radius 3 is 2.67 bits per heavy atom. The topological polar surface area (TPSA) is 88.8 Å². The van der Waals surface area contributed by atoms with E-state index in [1.165, 1.54) is 6.20 Å². The van der Waals surface area contributed by atoms with Crippen molar-refractivity contribution in [1.29, 1.82) is 0 Å². The van der Waals surface area contributed by atoms with Gasteiger partial charge in [0.1, 0.15) is 6.54 Å². The second-order valence-corrected chi connectivity index (χ2v) is 6.62. The molecular weight excluding hydrogens is 401 g/mol. The van der Waals surface area contributed by atoms with Crippen LogP contribution in [0.15, 0.2) is 36.5 Å². The highest BCUT2D eigenvalue weighted by Crippen LogP contribution is 2.34. The molecule has 154 valence electrons. The molecule has 1 aliphatic rings. The molecule has 0 bridgehead atoms. The highest BCUT2D eigenvalue weighted by atomic mass is 19.2. The summed E-state index contributed by atoms with van der Waals surface area (Å²) in [6, 6.07) is 6.44. The van der Waals surface area contributed by atoms with Crippen LogP contribution in [-0.4, -0.2) is 35.5 Å². The first-order valence-electron chi connectivity index (χ1n) is 8.79. The van der Waals surface area contributed by atoms with Crippen LogP contribution in [0.1, 0.15) is 5.56 Å². The fraction of sp³-hybridized carbons (Fsp3) is 0.150. The van der Waals surface area contributed by atoms with Crippen LogP contribution >= 0.6 is 0 Å². The maximum Gasteiger partial charge on any atom is 0.332 e. The number of nitrogens with two attached hydrogens (primary N) is 1. The van der Waals surface area contributed by atoms with Gasteiger partial charge in [-0.2, -0.15) is 4.39 Å². The standard InChI is InChI=1S/C20H15F3N4O3/c1-30-19-11(21)7-14(17(22)18(19)23)27-15(28)9-26(20(27)29)8-10-5-6-25-13-4-2-3-12(24)16(10)13/h2-7H,8-9,24H2,1H3. The molecule has 0 atom stereocenters. The number of urea groups is 1. The Morgan fingerprint density at radius 2 is 1.93 bits per heavy atom. The van der Waals surface area contributed by atoms with Gasteiger partial charge in [-0.05, 0) is 23.8 Å². The number of fused-ring (bicyclic) bond motifs is 1. The minimum Gasteiger partial charge on any atom is -0.491 e. The van der Waals surface area contributed by atoms with Gasteiger partial charge >= 0.3 is 6.03 Å². The number of halogens is 3. The van der Waals surface area contributed by atoms with Crippen molar-refractivity contribution in [2.75, 3.05) is 24.3 Å². The maximum absolute atomic E-state index is 14.4. The number of ether oxygens (including phenoxy) is 1. The first-order chi connectivity index (χ1) is 14.3. The van der Waals surface area contributed by atoms with E-state index in [2.05, 4.69) is 9.72 Å². The summed E-state index contributed by atoms with van der Waals surface area (Å²) in [6.45, 7) is -0.429. The molecule has 0 aliphatic carbocycles. The van der Waals surface area contributed by atoms with Gasteiger partial charge in [-0.3, -0.25) is 9.78 Å². The molecule has 1 aromatic heterocycles. The van der Waals surface area contributed by atoms with Crippen LogP contribution < -0.4 is 15.4 Å². The molecule has 30 heavy (non-hydrogen) atoms. The predicted octanol–water partition coefficient (Wildman–Crippen LogP) is 3.21. The second-order valence-electron chi connectivity index (χ2n) is 6.62. The quantitative estimate of drug-likeness (QED) is 0.401. The summed E-state index contributed by atoms with van der Waals surface area (Å²) in [7, 11) is 0.971. The largest absolute Gasteiger partial charge is 0.491 e. The van der Waals surface area contributed by atoms with E-state index in [-0.39, 0.29) is 6.54 Å². The van der Waals surface area contributed by atoms with Crippen molar-refractivity contribution in [3.05, 3.63) is 59.5 Å². The molecule has 1 aliphatic heterocycles. The minimum absolute atomic E-state index is 0.0307. The Morgan fingerprint density at radius 1 is 1.17 bits per heavy atom. The molecule has 0 spiro atoms. The third-order valence-electron chi connectivity index (χ3n) is 4.83. The Balaban J connectivity index is 1.70. The highest BCUT2D eigenvalue weighted by molar-refractivity contribution is 6.20. The van der Waals surface area contributed by atoms with E-state index in [1.54, 1.807) is 24.3 Å². The fourth-order valence-electron chi connectivity index (χ4n) is 3.47. The molecule has 2 aromatic carbocycles. The van der Waals surface area contributed by atoms with Crippen LogP contribution in [0.3, 0.4) is 0 Å². The van der Waals surface area contributed by atoms with Crippen molar-refractivity contribution in [2.24, 2.45) is 0 Å². The number of hydrogen-bond acceptors (Lipinski definition) is 5. The number of benzene rings is 2. The summed E-state index contributed by atoms with van der Waals surface area (Å²) in [5.41, 5.74) is 6.87. The molecule has 10 heteroatoms. The zero-order valence-electron chi connectivity index (χ0n) is 15.7. The molecule has 1 saturated heterocycles. The van der Waals surface area contributed by atoms with E-state index in [0.717, 1.165) is 12.0 Å². The van der Waals surface area contributed by atoms with Gasteiger partial charge in [0.05, 0.1) is 18.3 Å². The van der Waals surface area contributed by atoms with Gasteiger partial charge in [-0.15, -0.1) is 0 Å². The van der Waals surface area contributed by atoms with E-state index in [0.29, 0.717) is 33.1 Å². The predicted molar refractivity (Wildman–Crippen MR) is 102 cm³/mol. The average Bonchev–Trinajstić information content (AvgIpc) is 2.98. The van der Waals surface area contributed by atoms with Crippen molar-refractivity contribution in [3.63, 3.8) is 0 Å². The summed E-state index contributed by atoms with van der Waals surface area (Å²) in [6.07, 6.45) is 1.53. The lowest BCUT2D eigenvalue weighted by molar-refractivity contribution is -0.116. The summed E-state index contributed by atoms with van der Waals surface area (Å²) in [4.78, 5) is 31.0. The molecule has 1 fully saturated rings. The Hall–Kier alpha value is -3.82. The Labute approximate surface area is 168 Å². The van der Waals surface area contributed by atoms with Crippen LogP contribution in [-0.2, 0) is 11.3 Å². The normalized spacial score (nSPS) is 14.1. The van der Waals surface area contributed by atoms with E-state index < -0.39 is 47.4 Å². The molecule has 4 rings (SSSR count). The van der Waals surface area contributed by atoms with Crippen molar-refractivity contribution in [2.45, 2.75) is 6.54 Å². The molecule has 2 N–H and O–H groups in total. The number of imide groups is 1. The molecule has 0 saturated carbocycles. The molecule has 7 nitrogen and oxygen atoms in total. The van der Waals surface area contributed by atoms with E-state index in [4.69, 9.17) is 5.73 Å². The lowest BCUT2D eigenvalue weighted by Crippen LogP contribution is -2.33. The monoisotopic (exact) mass is 416 g/mol. The van der Waals surface area contributed by atoms with Crippen molar-refractivity contribution >= 4 is 34.2 Å². The minimum atomic E-state index is -1.63. The van der Waals surface area contributed by atoms with Gasteiger partial charge in [-0.25, -0.2) is 18.5 Å². The summed E-state index contributed by atoms with van der Waals surface area (Å²) >= 11 is 0. The lowest BCUT2D eigenvalue weighted by atomic mass is 10.1. The summed E-state index contributed by atoms with van der Waals surface area (Å²) in [5.74, 6) is -6.19. The summed E-state index contributed by atoms with van der Waals surface area (Å²) in [5, 5.41) is 0.617. The number of nitrogen functional groups attached to an aromatic ring is 1. The van der Waals surface area contributed by atoms with Crippen LogP contribution in [0.2, 0.25) is 0 Å². The fourth-order valence-corrected chi connectivity index (χ4v) is 3.47. The number of amides is 3. The highest BCUT2D eigenvalue weighted by Gasteiger charge is 2.40. The van der Waals surface area contributed by atoms with Gasteiger partial charge in [0.25, 0.3) is 5.91 Å². The zero-order valence-corrected chi connectivity index (χ0v) is 15.7. The SMILES string of the molecule is COc1c(F)cc(N2C(=O)CN(Cc3ccnc4cccc(N)c34)C2=O)c(F)c1F. The first kappa shape index (κ1) is 19.5. The number of rotatable bonds is 4. The number of aromatic nitrogens is 1. The lowest BCUT2D eigenvalue weighted by Gasteiger charge is -2.19. The van der Waals surface area contributed by atoms with Crippen LogP contribution in [0.5, 0.6) is 5.75 Å². The van der Waals surface area contributed by atoms with Crippen LogP contribution in [0.4, 0.5) is 29.3 Å². The van der Waals surface area contributed by atoms with Crippen LogP contribution in [0, 0.1) is 17.5 Å². The number of hydrogen-bond donors (Lipinski definition) is 1. The van der Waals surface area contributed by atoms with Crippen molar-refractivity contribution in [3.8, 4) is 5.75 Å².